The Labute approximate surface area is 97.6 Å². The minimum Gasteiger partial charge on any atom is -0.249 e. The van der Waals surface area contributed by atoms with E-state index in [1.165, 1.54) is 12.2 Å². The largest absolute Gasteiger partial charge is 0.249 e. The molecule has 0 aromatic heterocycles. The van der Waals surface area contributed by atoms with Crippen LogP contribution in [0.15, 0.2) is 48.1 Å². The van der Waals surface area contributed by atoms with E-state index in [0.717, 1.165) is 24.3 Å². The molecule has 0 saturated heterocycles. The fraction of sp³-hybridized carbons (Fsp3) is 0.333. The summed E-state index contributed by atoms with van der Waals surface area (Å²) in [6.45, 7) is 0. The Morgan fingerprint density at radius 1 is 0.882 bits per heavy atom. The van der Waals surface area contributed by atoms with Crippen LogP contribution < -0.4 is 0 Å². The van der Waals surface area contributed by atoms with E-state index in [-0.39, 0.29) is 0 Å². The van der Waals surface area contributed by atoms with E-state index in [0.29, 0.717) is 0 Å². The van der Waals surface area contributed by atoms with Gasteiger partial charge in [-0.1, -0.05) is 24.3 Å². The Hall–Kier alpha value is -1.26. The first kappa shape index (κ1) is 12.2. The van der Waals surface area contributed by atoms with Gasteiger partial charge in [-0.15, -0.1) is 0 Å². The third-order valence-corrected chi connectivity index (χ3v) is 2.86. The van der Waals surface area contributed by atoms with Crippen molar-refractivity contribution in [2.24, 2.45) is 0 Å². The summed E-state index contributed by atoms with van der Waals surface area (Å²) in [4.78, 5) is 0. The van der Waals surface area contributed by atoms with Crippen molar-refractivity contribution in [3.05, 3.63) is 48.1 Å². The van der Waals surface area contributed by atoms with Crippen LogP contribution in [0.5, 0.6) is 0 Å². The molecule has 90 valence electrons. The summed E-state index contributed by atoms with van der Waals surface area (Å²) in [7, 11) is -0.574. The fourth-order valence-corrected chi connectivity index (χ4v) is 2.18. The normalized spacial score (nSPS) is 36.5. The van der Waals surface area contributed by atoms with E-state index in [9.17, 15) is 17.6 Å². The van der Waals surface area contributed by atoms with Gasteiger partial charge in [0.1, 0.15) is 22.8 Å². The monoisotopic (exact) mass is 242 g/mol. The molecule has 0 fully saturated rings. The minimum atomic E-state index is -2.09. The number of rotatable bonds is 2. The van der Waals surface area contributed by atoms with Crippen LogP contribution in [0, 0.1) is 0 Å². The molecule has 2 aliphatic rings. The zero-order chi connectivity index (χ0) is 12.5. The SMILES string of the molecule is FC1=CC=CC(F)(BC2(F)C=CC=C(F)C2)C1. The molecule has 0 nitrogen and oxygen atoms in total. The smallest absolute Gasteiger partial charge is 0.226 e. The highest BCUT2D eigenvalue weighted by atomic mass is 19.2. The van der Waals surface area contributed by atoms with Crippen LogP contribution in [-0.2, 0) is 0 Å². The number of hydrogen-bond acceptors (Lipinski definition) is 0. The molecule has 0 radical (unpaired) electrons. The molecule has 0 spiro atoms. The van der Waals surface area contributed by atoms with Crippen molar-refractivity contribution in [1.82, 2.24) is 0 Å². The molecule has 0 aliphatic heterocycles. The first-order valence-electron chi connectivity index (χ1n) is 5.37. The van der Waals surface area contributed by atoms with Crippen LogP contribution in [0.3, 0.4) is 0 Å². The molecule has 17 heavy (non-hydrogen) atoms. The van der Waals surface area contributed by atoms with Gasteiger partial charge < -0.3 is 0 Å². The highest BCUT2D eigenvalue weighted by molar-refractivity contribution is 6.45. The van der Waals surface area contributed by atoms with Gasteiger partial charge in [0.25, 0.3) is 0 Å². The molecule has 2 atom stereocenters. The maximum absolute atomic E-state index is 14.2. The molecular weight excluding hydrogens is 231 g/mol. The molecule has 0 heterocycles. The summed E-state index contributed by atoms with van der Waals surface area (Å²) in [5.41, 5.74) is -4.18. The lowest BCUT2D eigenvalue weighted by Crippen LogP contribution is -2.44. The third kappa shape index (κ3) is 2.90. The summed E-state index contributed by atoms with van der Waals surface area (Å²) in [5.74, 6) is -1.26. The molecule has 0 saturated carbocycles. The average Bonchev–Trinajstić information content (AvgIpc) is 2.14. The van der Waals surface area contributed by atoms with E-state index in [2.05, 4.69) is 0 Å². The highest BCUT2D eigenvalue weighted by Gasteiger charge is 2.43. The minimum absolute atomic E-state index is 0.492. The standard InChI is InChI=1S/C12H11BF4/c14-9-3-1-5-11(16,7-9)13-12(17)6-2-4-10(15)8-12/h1-6,13H,7-8H2. The van der Waals surface area contributed by atoms with Crippen LogP contribution in [0.1, 0.15) is 12.8 Å². The predicted octanol–water partition coefficient (Wildman–Crippen LogP) is 3.38. The molecular formula is C12H11BF4. The fourth-order valence-electron chi connectivity index (χ4n) is 2.18. The van der Waals surface area contributed by atoms with Gasteiger partial charge in [-0.25, -0.2) is 17.6 Å². The first-order valence-corrected chi connectivity index (χ1v) is 5.37. The Kier molecular flexibility index (Phi) is 3.02. The summed E-state index contributed by atoms with van der Waals surface area (Å²) < 4.78 is 54.3. The lowest BCUT2D eigenvalue weighted by Gasteiger charge is -2.30. The second kappa shape index (κ2) is 4.20. The summed E-state index contributed by atoms with van der Waals surface area (Å²) in [6.07, 6.45) is 5.99. The average molecular weight is 242 g/mol. The molecule has 0 aromatic rings. The molecule has 0 aromatic carbocycles. The van der Waals surface area contributed by atoms with Crippen LogP contribution in [0.4, 0.5) is 17.6 Å². The van der Waals surface area contributed by atoms with Crippen molar-refractivity contribution in [3.8, 4) is 0 Å². The second-order valence-electron chi connectivity index (χ2n) is 4.54. The van der Waals surface area contributed by atoms with Crippen LogP contribution in [-0.4, -0.2) is 18.4 Å². The Balaban J connectivity index is 2.12. The molecule has 0 bridgehead atoms. The summed E-state index contributed by atoms with van der Waals surface area (Å²) >= 11 is 0. The number of hydrogen-bond donors (Lipinski definition) is 0. The van der Waals surface area contributed by atoms with Crippen LogP contribution >= 0.6 is 0 Å². The Bertz CT molecular complexity index is 398. The van der Waals surface area contributed by atoms with E-state index in [4.69, 9.17) is 0 Å². The second-order valence-corrected chi connectivity index (χ2v) is 4.54. The lowest BCUT2D eigenvalue weighted by atomic mass is 9.48. The van der Waals surface area contributed by atoms with E-state index < -0.39 is 42.9 Å². The van der Waals surface area contributed by atoms with E-state index in [1.54, 1.807) is 0 Å². The topological polar surface area (TPSA) is 0 Å². The number of allylic oxidation sites excluding steroid dienone is 8. The van der Waals surface area contributed by atoms with Gasteiger partial charge in [-0.2, -0.15) is 0 Å². The van der Waals surface area contributed by atoms with Crippen LogP contribution in [0.25, 0.3) is 0 Å². The van der Waals surface area contributed by atoms with Gasteiger partial charge in [0.05, 0.1) is 0 Å². The van der Waals surface area contributed by atoms with Crippen molar-refractivity contribution < 1.29 is 17.6 Å². The molecule has 0 N–H and O–H groups in total. The van der Waals surface area contributed by atoms with Gasteiger partial charge in [-0.05, 0) is 12.2 Å². The number of alkyl halides is 2. The van der Waals surface area contributed by atoms with Gasteiger partial charge in [0, 0.05) is 12.8 Å². The van der Waals surface area contributed by atoms with Gasteiger partial charge in [-0.3, -0.25) is 0 Å². The van der Waals surface area contributed by atoms with Crippen molar-refractivity contribution in [3.63, 3.8) is 0 Å². The van der Waals surface area contributed by atoms with Gasteiger partial charge in [0.15, 0.2) is 0 Å². The summed E-state index contributed by atoms with van der Waals surface area (Å²) in [6, 6.07) is 0. The maximum Gasteiger partial charge on any atom is 0.226 e. The first-order chi connectivity index (χ1) is 7.91. The quantitative estimate of drug-likeness (QED) is 0.514. The van der Waals surface area contributed by atoms with E-state index >= 15 is 0 Å². The Morgan fingerprint density at radius 3 is 1.65 bits per heavy atom. The Morgan fingerprint density at radius 2 is 1.29 bits per heavy atom. The third-order valence-electron chi connectivity index (χ3n) is 2.86. The van der Waals surface area contributed by atoms with Gasteiger partial charge >= 0.3 is 0 Å². The zero-order valence-electron chi connectivity index (χ0n) is 9.10. The molecule has 5 heteroatoms. The molecule has 2 aliphatic carbocycles. The summed E-state index contributed by atoms with van der Waals surface area (Å²) in [5, 5.41) is 0. The van der Waals surface area contributed by atoms with Crippen LogP contribution in [0.2, 0.25) is 0 Å². The lowest BCUT2D eigenvalue weighted by molar-refractivity contribution is 0.265. The van der Waals surface area contributed by atoms with E-state index in [1.807, 2.05) is 0 Å². The number of halogens is 4. The van der Waals surface area contributed by atoms with Gasteiger partial charge in [0.2, 0.25) is 7.28 Å². The molecule has 2 unspecified atom stereocenters. The zero-order valence-corrected chi connectivity index (χ0v) is 9.10. The predicted molar refractivity (Wildman–Crippen MR) is 60.7 cm³/mol. The van der Waals surface area contributed by atoms with Crippen molar-refractivity contribution in [2.75, 3.05) is 0 Å². The molecule has 2 rings (SSSR count). The van der Waals surface area contributed by atoms with Crippen molar-refractivity contribution in [2.45, 2.75) is 24.0 Å². The molecule has 0 amide bonds. The van der Waals surface area contributed by atoms with Crippen molar-refractivity contribution in [1.29, 1.82) is 0 Å². The highest BCUT2D eigenvalue weighted by Crippen LogP contribution is 2.35. The maximum atomic E-state index is 14.2. The van der Waals surface area contributed by atoms with Crippen molar-refractivity contribution >= 4 is 7.28 Å².